The number of carbonyl (C=O) groups excluding carboxylic acids is 1. The summed E-state index contributed by atoms with van der Waals surface area (Å²) in [5.74, 6) is 3.29. The van der Waals surface area contributed by atoms with Gasteiger partial charge in [0, 0.05) is 26.6 Å². The molecule has 0 spiro atoms. The Morgan fingerprint density at radius 2 is 2.30 bits per heavy atom. The van der Waals surface area contributed by atoms with Crippen molar-refractivity contribution in [1.29, 1.82) is 0 Å². The van der Waals surface area contributed by atoms with Crippen LogP contribution in [0.5, 0.6) is 0 Å². The molecule has 112 valence electrons. The highest BCUT2D eigenvalue weighted by molar-refractivity contribution is 5.77. The van der Waals surface area contributed by atoms with Crippen molar-refractivity contribution in [2.75, 3.05) is 33.9 Å². The zero-order chi connectivity index (χ0) is 14.5. The maximum atomic E-state index is 11.9. The minimum absolute atomic E-state index is 0.0545. The van der Waals surface area contributed by atoms with Crippen LogP contribution in [0.3, 0.4) is 0 Å². The smallest absolute Gasteiger partial charge is 0.236 e. The standard InChI is InChI=1S/C15H24N2O3/c1-11-8-13(11)14-5-4-12(20-14)10-17(2)15(18)9-16-6-7-19-3/h4-5,11,13,16H,6-10H2,1-3H3. The third-order valence-electron chi connectivity index (χ3n) is 3.74. The first-order valence-electron chi connectivity index (χ1n) is 7.14. The Morgan fingerprint density at radius 1 is 1.55 bits per heavy atom. The van der Waals surface area contributed by atoms with Crippen LogP contribution < -0.4 is 5.32 Å². The van der Waals surface area contributed by atoms with Gasteiger partial charge in [-0.2, -0.15) is 0 Å². The second-order valence-electron chi connectivity index (χ2n) is 5.54. The fourth-order valence-corrected chi connectivity index (χ4v) is 2.22. The first-order valence-corrected chi connectivity index (χ1v) is 7.14. The minimum Gasteiger partial charge on any atom is -0.464 e. The summed E-state index contributed by atoms with van der Waals surface area (Å²) in [5.41, 5.74) is 0. The maximum absolute atomic E-state index is 11.9. The van der Waals surface area contributed by atoms with Crippen molar-refractivity contribution in [2.45, 2.75) is 25.8 Å². The third-order valence-corrected chi connectivity index (χ3v) is 3.74. The molecule has 1 aromatic rings. The van der Waals surface area contributed by atoms with Crippen LogP contribution >= 0.6 is 0 Å². The van der Waals surface area contributed by atoms with Gasteiger partial charge in [0.25, 0.3) is 0 Å². The van der Waals surface area contributed by atoms with Crippen molar-refractivity contribution >= 4 is 5.91 Å². The molecule has 1 heterocycles. The molecule has 2 unspecified atom stereocenters. The van der Waals surface area contributed by atoms with Crippen LogP contribution in [0, 0.1) is 5.92 Å². The van der Waals surface area contributed by atoms with E-state index in [9.17, 15) is 4.79 Å². The number of ether oxygens (including phenoxy) is 1. The van der Waals surface area contributed by atoms with Crippen LogP contribution in [0.2, 0.25) is 0 Å². The molecule has 1 saturated carbocycles. The zero-order valence-electron chi connectivity index (χ0n) is 12.5. The van der Waals surface area contributed by atoms with E-state index in [-0.39, 0.29) is 5.91 Å². The second kappa shape index (κ2) is 6.90. The van der Waals surface area contributed by atoms with Gasteiger partial charge in [-0.25, -0.2) is 0 Å². The van der Waals surface area contributed by atoms with E-state index in [4.69, 9.17) is 9.15 Å². The fourth-order valence-electron chi connectivity index (χ4n) is 2.22. The molecule has 5 nitrogen and oxygen atoms in total. The van der Waals surface area contributed by atoms with E-state index >= 15 is 0 Å². The molecule has 2 rings (SSSR count). The molecule has 1 N–H and O–H groups in total. The molecule has 1 aliphatic carbocycles. The molecule has 0 aromatic carbocycles. The normalized spacial score (nSPS) is 20.9. The van der Waals surface area contributed by atoms with Crippen LogP contribution in [0.4, 0.5) is 0 Å². The molecule has 1 amide bonds. The third kappa shape index (κ3) is 4.08. The first kappa shape index (κ1) is 15.1. The molecular formula is C15H24N2O3. The van der Waals surface area contributed by atoms with E-state index in [0.29, 0.717) is 32.2 Å². The number of nitrogens with zero attached hydrogens (tertiary/aromatic N) is 1. The summed E-state index contributed by atoms with van der Waals surface area (Å²) in [5, 5.41) is 3.05. The first-order chi connectivity index (χ1) is 9.61. The van der Waals surface area contributed by atoms with E-state index < -0.39 is 0 Å². The summed E-state index contributed by atoms with van der Waals surface area (Å²) in [7, 11) is 3.44. The summed E-state index contributed by atoms with van der Waals surface area (Å²) in [6, 6.07) is 4.02. The number of methoxy groups -OCH3 is 1. The van der Waals surface area contributed by atoms with Gasteiger partial charge in [0.15, 0.2) is 0 Å². The summed E-state index contributed by atoms with van der Waals surface area (Å²) < 4.78 is 10.7. The Morgan fingerprint density at radius 3 is 2.95 bits per heavy atom. The largest absolute Gasteiger partial charge is 0.464 e. The van der Waals surface area contributed by atoms with Gasteiger partial charge in [0.2, 0.25) is 5.91 Å². The quantitative estimate of drug-likeness (QED) is 0.735. The lowest BCUT2D eigenvalue weighted by molar-refractivity contribution is -0.129. The molecule has 5 heteroatoms. The van der Waals surface area contributed by atoms with E-state index in [1.54, 1.807) is 19.1 Å². The van der Waals surface area contributed by atoms with Gasteiger partial charge in [-0.1, -0.05) is 6.92 Å². The molecule has 0 radical (unpaired) electrons. The van der Waals surface area contributed by atoms with Crippen LogP contribution in [0.1, 0.15) is 30.8 Å². The number of nitrogens with one attached hydrogen (secondary N) is 1. The highest BCUT2D eigenvalue weighted by atomic mass is 16.5. The highest BCUT2D eigenvalue weighted by Crippen LogP contribution is 2.47. The van der Waals surface area contributed by atoms with Crippen molar-refractivity contribution in [3.63, 3.8) is 0 Å². The van der Waals surface area contributed by atoms with Gasteiger partial charge in [0.05, 0.1) is 19.7 Å². The molecule has 0 aliphatic heterocycles. The molecule has 2 atom stereocenters. The number of rotatable bonds is 8. The topological polar surface area (TPSA) is 54.7 Å². The lowest BCUT2D eigenvalue weighted by Crippen LogP contribution is -2.36. The van der Waals surface area contributed by atoms with Gasteiger partial charge in [-0.05, 0) is 24.5 Å². The Labute approximate surface area is 120 Å². The second-order valence-corrected chi connectivity index (χ2v) is 5.54. The van der Waals surface area contributed by atoms with Gasteiger partial charge >= 0.3 is 0 Å². The number of hydrogen-bond acceptors (Lipinski definition) is 4. The fraction of sp³-hybridized carbons (Fsp3) is 0.667. The Balaban J connectivity index is 1.74. The van der Waals surface area contributed by atoms with Crippen LogP contribution in [0.25, 0.3) is 0 Å². The van der Waals surface area contributed by atoms with Crippen molar-refractivity contribution in [3.05, 3.63) is 23.7 Å². The average Bonchev–Trinajstić information content (AvgIpc) is 2.98. The van der Waals surface area contributed by atoms with Gasteiger partial charge in [0.1, 0.15) is 11.5 Å². The highest BCUT2D eigenvalue weighted by Gasteiger charge is 2.36. The number of amides is 1. The van der Waals surface area contributed by atoms with E-state index in [1.807, 2.05) is 12.1 Å². The van der Waals surface area contributed by atoms with Crippen LogP contribution in [-0.4, -0.2) is 44.7 Å². The minimum atomic E-state index is 0.0545. The van der Waals surface area contributed by atoms with Gasteiger partial charge in [-0.3, -0.25) is 4.79 Å². The van der Waals surface area contributed by atoms with Crippen LogP contribution in [0.15, 0.2) is 16.5 Å². The summed E-state index contributed by atoms with van der Waals surface area (Å²) >= 11 is 0. The van der Waals surface area contributed by atoms with E-state index in [0.717, 1.165) is 17.4 Å². The number of carbonyl (C=O) groups is 1. The van der Waals surface area contributed by atoms with E-state index in [2.05, 4.69) is 12.2 Å². The maximum Gasteiger partial charge on any atom is 0.236 e. The Hall–Kier alpha value is -1.33. The Bertz CT molecular complexity index is 444. The van der Waals surface area contributed by atoms with Gasteiger partial charge in [-0.15, -0.1) is 0 Å². The molecule has 1 aliphatic rings. The Kier molecular flexibility index (Phi) is 5.20. The van der Waals surface area contributed by atoms with Crippen molar-refractivity contribution in [3.8, 4) is 0 Å². The molecule has 1 fully saturated rings. The van der Waals surface area contributed by atoms with Crippen LogP contribution in [-0.2, 0) is 16.1 Å². The van der Waals surface area contributed by atoms with Crippen molar-refractivity contribution < 1.29 is 13.9 Å². The SMILES string of the molecule is COCCNCC(=O)N(C)Cc1ccc(C2CC2C)o1. The average molecular weight is 280 g/mol. The summed E-state index contributed by atoms with van der Waals surface area (Å²) in [4.78, 5) is 13.6. The molecule has 0 bridgehead atoms. The van der Waals surface area contributed by atoms with Gasteiger partial charge < -0.3 is 19.4 Å². The molecule has 20 heavy (non-hydrogen) atoms. The predicted molar refractivity (Wildman–Crippen MR) is 76.4 cm³/mol. The zero-order valence-corrected chi connectivity index (χ0v) is 12.5. The molecular weight excluding hydrogens is 256 g/mol. The molecule has 0 saturated heterocycles. The number of furan rings is 1. The summed E-state index contributed by atoms with van der Waals surface area (Å²) in [6.07, 6.45) is 1.21. The monoisotopic (exact) mass is 280 g/mol. The number of hydrogen-bond donors (Lipinski definition) is 1. The lowest BCUT2D eigenvalue weighted by Gasteiger charge is -2.16. The van der Waals surface area contributed by atoms with E-state index in [1.165, 1.54) is 6.42 Å². The summed E-state index contributed by atoms with van der Waals surface area (Å²) in [6.45, 7) is 4.37. The molecule has 1 aromatic heterocycles. The number of likely N-dealkylation sites (N-methyl/N-ethyl adjacent to an activating group) is 1. The van der Waals surface area contributed by atoms with Crippen molar-refractivity contribution in [1.82, 2.24) is 10.2 Å². The van der Waals surface area contributed by atoms with Crippen molar-refractivity contribution in [2.24, 2.45) is 5.92 Å². The predicted octanol–water partition coefficient (Wildman–Crippen LogP) is 1.60. The lowest BCUT2D eigenvalue weighted by atomic mass is 10.3.